The molecule has 1 aliphatic carbocycles. The van der Waals surface area contributed by atoms with E-state index >= 15 is 0 Å². The average Bonchev–Trinajstić information content (AvgIpc) is 3.48. The zero-order valence-corrected chi connectivity index (χ0v) is 25.3. The molecular weight excluding hydrogens is 586 g/mol. The van der Waals surface area contributed by atoms with Crippen LogP contribution >= 0.6 is 11.6 Å². The first-order valence-corrected chi connectivity index (χ1v) is 15.3. The van der Waals surface area contributed by atoms with Gasteiger partial charge >= 0.3 is 5.97 Å². The van der Waals surface area contributed by atoms with Gasteiger partial charge in [-0.05, 0) is 82.0 Å². The molecule has 1 aliphatic rings. The van der Waals surface area contributed by atoms with E-state index in [0.717, 1.165) is 30.4 Å². The smallest absolute Gasteiger partial charge is 0.323 e. The molecule has 3 N–H and O–H groups in total. The Bertz CT molecular complexity index is 1910. The summed E-state index contributed by atoms with van der Waals surface area (Å²) in [7, 11) is 0. The van der Waals surface area contributed by atoms with Crippen LogP contribution in [0.25, 0.3) is 21.9 Å². The van der Waals surface area contributed by atoms with Gasteiger partial charge in [0.25, 0.3) is 0 Å². The lowest BCUT2D eigenvalue weighted by atomic mass is 9.89. The number of hydrogen-bond donors (Lipinski definition) is 3. The molecule has 1 heterocycles. The van der Waals surface area contributed by atoms with Gasteiger partial charge in [0.1, 0.15) is 24.5 Å². The quantitative estimate of drug-likeness (QED) is 0.149. The fraction of sp³-hybridized carbons (Fsp3) is 0.216. The van der Waals surface area contributed by atoms with Gasteiger partial charge in [-0.1, -0.05) is 72.3 Å². The summed E-state index contributed by atoms with van der Waals surface area (Å²) in [5.74, 6) is -0.328. The minimum absolute atomic E-state index is 0.129. The molecule has 0 fully saturated rings. The number of nitriles is 1. The second kappa shape index (κ2) is 13.5. The molecular formula is C37H32ClN3O4. The highest BCUT2D eigenvalue weighted by Crippen LogP contribution is 2.43. The number of nitrogens with one attached hydrogen (secondary N) is 1. The SMILES string of the molecule is N#Cc1cncc(COc2cc(C[C@H]3CCc4c(-c5cccc6ccccc56)cccc43)c(Cl)cc2CNC(CO)C(=O)O)c1. The molecule has 45 heavy (non-hydrogen) atoms. The summed E-state index contributed by atoms with van der Waals surface area (Å²) in [4.78, 5) is 15.6. The van der Waals surface area contributed by atoms with Crippen molar-refractivity contribution in [1.82, 2.24) is 10.3 Å². The summed E-state index contributed by atoms with van der Waals surface area (Å²) in [5, 5.41) is 34.0. The van der Waals surface area contributed by atoms with Gasteiger partial charge < -0.3 is 14.9 Å². The molecule has 4 aromatic carbocycles. The Morgan fingerprint density at radius 1 is 1.04 bits per heavy atom. The molecule has 1 aromatic heterocycles. The Balaban J connectivity index is 1.30. The van der Waals surface area contributed by atoms with E-state index in [0.29, 0.717) is 21.9 Å². The van der Waals surface area contributed by atoms with Crippen molar-refractivity contribution in [2.24, 2.45) is 0 Å². The maximum atomic E-state index is 11.5. The van der Waals surface area contributed by atoms with Crippen molar-refractivity contribution < 1.29 is 19.7 Å². The summed E-state index contributed by atoms with van der Waals surface area (Å²) in [5.41, 5.74) is 7.99. The predicted octanol–water partition coefficient (Wildman–Crippen LogP) is 6.81. The number of pyridine rings is 1. The molecule has 0 saturated carbocycles. The molecule has 0 radical (unpaired) electrons. The Morgan fingerprint density at radius 2 is 1.84 bits per heavy atom. The monoisotopic (exact) mass is 617 g/mol. The van der Waals surface area contributed by atoms with E-state index in [2.05, 4.69) is 77.0 Å². The van der Waals surface area contributed by atoms with E-state index in [1.165, 1.54) is 39.2 Å². The van der Waals surface area contributed by atoms with E-state index in [4.69, 9.17) is 16.3 Å². The number of aromatic nitrogens is 1. The molecule has 6 rings (SSSR count). The largest absolute Gasteiger partial charge is 0.489 e. The lowest BCUT2D eigenvalue weighted by Crippen LogP contribution is -2.39. The highest BCUT2D eigenvalue weighted by molar-refractivity contribution is 6.31. The van der Waals surface area contributed by atoms with Crippen molar-refractivity contribution in [3.8, 4) is 22.9 Å². The maximum absolute atomic E-state index is 11.5. The summed E-state index contributed by atoms with van der Waals surface area (Å²) in [6, 6.07) is 28.0. The number of hydrogen-bond acceptors (Lipinski definition) is 6. The van der Waals surface area contributed by atoms with Gasteiger partial charge in [0.05, 0.1) is 12.2 Å². The fourth-order valence-corrected chi connectivity index (χ4v) is 6.51. The summed E-state index contributed by atoms with van der Waals surface area (Å²) in [6.07, 6.45) is 5.82. The number of aliphatic hydroxyl groups is 1. The van der Waals surface area contributed by atoms with E-state index in [1.807, 2.05) is 12.1 Å². The predicted molar refractivity (Wildman–Crippen MR) is 174 cm³/mol. The molecule has 0 spiro atoms. The zero-order chi connectivity index (χ0) is 31.3. The molecule has 226 valence electrons. The topological polar surface area (TPSA) is 115 Å². The third-order valence-electron chi connectivity index (χ3n) is 8.51. The number of aliphatic hydroxyl groups excluding tert-OH is 1. The van der Waals surface area contributed by atoms with Crippen LogP contribution < -0.4 is 10.1 Å². The van der Waals surface area contributed by atoms with Gasteiger partial charge in [-0.25, -0.2) is 0 Å². The summed E-state index contributed by atoms with van der Waals surface area (Å²) < 4.78 is 6.24. The number of rotatable bonds is 11. The Hall–Kier alpha value is -4.74. The number of nitrogens with zero attached hydrogens (tertiary/aromatic N) is 2. The van der Waals surface area contributed by atoms with Crippen LogP contribution in [0.4, 0.5) is 0 Å². The van der Waals surface area contributed by atoms with Gasteiger partial charge in [-0.2, -0.15) is 5.26 Å². The van der Waals surface area contributed by atoms with Crippen LogP contribution in [-0.2, 0) is 30.8 Å². The van der Waals surface area contributed by atoms with Crippen molar-refractivity contribution in [3.05, 3.63) is 130 Å². The molecule has 0 amide bonds. The number of carboxylic acid groups (broad SMARTS) is 1. The summed E-state index contributed by atoms with van der Waals surface area (Å²) in [6.45, 7) is -0.255. The van der Waals surface area contributed by atoms with E-state index < -0.39 is 18.6 Å². The van der Waals surface area contributed by atoms with Crippen LogP contribution in [0.3, 0.4) is 0 Å². The third kappa shape index (κ3) is 6.54. The van der Waals surface area contributed by atoms with Crippen LogP contribution in [0.15, 0.2) is 91.3 Å². The zero-order valence-electron chi connectivity index (χ0n) is 24.5. The Labute approximate surface area is 266 Å². The van der Waals surface area contributed by atoms with Crippen molar-refractivity contribution in [3.63, 3.8) is 0 Å². The molecule has 7 nitrogen and oxygen atoms in total. The van der Waals surface area contributed by atoms with E-state index in [1.54, 1.807) is 12.3 Å². The Morgan fingerprint density at radius 3 is 2.67 bits per heavy atom. The van der Waals surface area contributed by atoms with Crippen LogP contribution in [0.1, 0.15) is 45.7 Å². The first-order valence-electron chi connectivity index (χ1n) is 14.9. The van der Waals surface area contributed by atoms with Gasteiger partial charge in [0, 0.05) is 35.1 Å². The first kappa shape index (κ1) is 30.3. The number of fused-ring (bicyclic) bond motifs is 2. The molecule has 2 atom stereocenters. The van der Waals surface area contributed by atoms with Crippen LogP contribution in [-0.4, -0.2) is 33.8 Å². The van der Waals surface area contributed by atoms with Gasteiger partial charge in [0.2, 0.25) is 0 Å². The van der Waals surface area contributed by atoms with Crippen molar-refractivity contribution in [2.75, 3.05) is 6.61 Å². The highest BCUT2D eigenvalue weighted by atomic mass is 35.5. The number of carboxylic acids is 1. The number of ether oxygens (including phenoxy) is 1. The standard InChI is InChI=1S/C37H32ClN3O4/c38-34-15-28(20-41-35(21-42)37(43)44)36(45-22-24-13-23(17-39)18-40-19-24)16-27(34)14-26-11-12-33-30(26)8-4-10-32(33)31-9-3-6-25-5-1-2-7-29(25)31/h1-10,13,15-16,18-19,26,35,41-42H,11-12,14,20-22H2,(H,43,44)/t26-,35?/m1/s1. The van der Waals surface area contributed by atoms with E-state index in [-0.39, 0.29) is 19.1 Å². The molecule has 0 bridgehead atoms. The maximum Gasteiger partial charge on any atom is 0.323 e. The number of benzene rings is 4. The van der Waals surface area contributed by atoms with Gasteiger partial charge in [-0.3, -0.25) is 15.1 Å². The van der Waals surface area contributed by atoms with Gasteiger partial charge in [-0.15, -0.1) is 0 Å². The second-order valence-electron chi connectivity index (χ2n) is 11.3. The van der Waals surface area contributed by atoms with E-state index in [9.17, 15) is 20.3 Å². The van der Waals surface area contributed by atoms with Crippen LogP contribution in [0.2, 0.25) is 5.02 Å². The minimum atomic E-state index is -1.15. The van der Waals surface area contributed by atoms with Gasteiger partial charge in [0.15, 0.2) is 0 Å². The lowest BCUT2D eigenvalue weighted by Gasteiger charge is -2.19. The lowest BCUT2D eigenvalue weighted by molar-refractivity contribution is -0.140. The minimum Gasteiger partial charge on any atom is -0.489 e. The molecule has 0 saturated heterocycles. The number of halogens is 1. The fourth-order valence-electron chi connectivity index (χ4n) is 6.25. The van der Waals surface area contributed by atoms with Crippen molar-refractivity contribution in [1.29, 1.82) is 5.26 Å². The molecule has 5 aromatic rings. The molecule has 1 unspecified atom stereocenters. The Kier molecular flexibility index (Phi) is 9.08. The molecule has 0 aliphatic heterocycles. The number of carbonyl (C=O) groups is 1. The van der Waals surface area contributed by atoms with Crippen LogP contribution in [0.5, 0.6) is 5.75 Å². The van der Waals surface area contributed by atoms with Crippen molar-refractivity contribution in [2.45, 2.75) is 44.4 Å². The highest BCUT2D eigenvalue weighted by Gasteiger charge is 2.27. The number of aliphatic carboxylic acids is 1. The normalized spacial score (nSPS) is 14.6. The first-order chi connectivity index (χ1) is 21.9. The second-order valence-corrected chi connectivity index (χ2v) is 11.7. The summed E-state index contributed by atoms with van der Waals surface area (Å²) >= 11 is 6.87. The average molecular weight is 618 g/mol. The van der Waals surface area contributed by atoms with Crippen molar-refractivity contribution >= 4 is 28.3 Å². The van der Waals surface area contributed by atoms with Crippen LogP contribution in [0, 0.1) is 11.3 Å². The molecule has 8 heteroatoms. The third-order valence-corrected chi connectivity index (χ3v) is 8.86.